The number of halogens is 1. The molecule has 0 saturated heterocycles. The summed E-state index contributed by atoms with van der Waals surface area (Å²) in [4.78, 5) is 10.8. The highest BCUT2D eigenvalue weighted by molar-refractivity contribution is 9.10. The van der Waals surface area contributed by atoms with Crippen molar-refractivity contribution in [1.82, 2.24) is 4.31 Å². The third-order valence-corrected chi connectivity index (χ3v) is 5.31. The normalized spacial score (nSPS) is 11.8. The van der Waals surface area contributed by atoms with E-state index in [0.717, 1.165) is 4.31 Å². The van der Waals surface area contributed by atoms with Gasteiger partial charge in [0.05, 0.1) is 17.1 Å². The van der Waals surface area contributed by atoms with Gasteiger partial charge in [0.15, 0.2) is 0 Å². The fourth-order valence-electron chi connectivity index (χ4n) is 1.35. The van der Waals surface area contributed by atoms with E-state index in [1.807, 2.05) is 0 Å². The first-order valence-electron chi connectivity index (χ1n) is 5.29. The third-order valence-electron chi connectivity index (χ3n) is 2.48. The smallest absolute Gasteiger partial charge is 0.335 e. The minimum atomic E-state index is -3.67. The highest BCUT2D eigenvalue weighted by Gasteiger charge is 2.23. The molecule has 0 spiro atoms. The van der Waals surface area contributed by atoms with Crippen LogP contribution in [0.3, 0.4) is 0 Å². The summed E-state index contributed by atoms with van der Waals surface area (Å²) in [6.07, 6.45) is 0. The van der Waals surface area contributed by atoms with Crippen LogP contribution in [0.15, 0.2) is 27.6 Å². The number of aromatic carboxylic acids is 1. The summed E-state index contributed by atoms with van der Waals surface area (Å²) < 4.78 is 30.7. The van der Waals surface area contributed by atoms with E-state index in [1.54, 1.807) is 0 Å². The van der Waals surface area contributed by atoms with Crippen molar-refractivity contribution < 1.29 is 23.1 Å². The minimum absolute atomic E-state index is 0.0189. The first kappa shape index (κ1) is 16.1. The second-order valence-corrected chi connectivity index (χ2v) is 6.64. The van der Waals surface area contributed by atoms with Crippen molar-refractivity contribution in [2.45, 2.75) is 4.90 Å². The summed E-state index contributed by atoms with van der Waals surface area (Å²) in [6.45, 7) is 0.493. The molecule has 19 heavy (non-hydrogen) atoms. The van der Waals surface area contributed by atoms with E-state index in [2.05, 4.69) is 15.9 Å². The van der Waals surface area contributed by atoms with Crippen LogP contribution in [0.1, 0.15) is 10.4 Å². The number of hydrogen-bond acceptors (Lipinski definition) is 4. The van der Waals surface area contributed by atoms with E-state index in [1.165, 1.54) is 32.4 Å². The molecule has 1 aromatic rings. The Balaban J connectivity index is 3.12. The lowest BCUT2D eigenvalue weighted by molar-refractivity contribution is 0.0696. The van der Waals surface area contributed by atoms with Gasteiger partial charge in [0.1, 0.15) is 0 Å². The first-order chi connectivity index (χ1) is 8.80. The maximum atomic E-state index is 12.2. The summed E-state index contributed by atoms with van der Waals surface area (Å²) in [6, 6.07) is 3.79. The SMILES string of the molecule is COCCN(C)S(=O)(=O)c1ccc(C(=O)O)cc1Br. The van der Waals surface area contributed by atoms with Crippen LogP contribution < -0.4 is 0 Å². The van der Waals surface area contributed by atoms with Gasteiger partial charge in [-0.05, 0) is 34.1 Å². The summed E-state index contributed by atoms with van der Waals surface area (Å²) in [5.41, 5.74) is 0.0189. The minimum Gasteiger partial charge on any atom is -0.478 e. The molecule has 106 valence electrons. The Kier molecular flexibility index (Phi) is 5.48. The third kappa shape index (κ3) is 3.75. The highest BCUT2D eigenvalue weighted by Crippen LogP contribution is 2.25. The molecule has 1 N–H and O–H groups in total. The van der Waals surface area contributed by atoms with E-state index >= 15 is 0 Å². The molecular formula is C11H14BrNO5S. The first-order valence-corrected chi connectivity index (χ1v) is 7.52. The van der Waals surface area contributed by atoms with Crippen LogP contribution in [0.4, 0.5) is 0 Å². The summed E-state index contributed by atoms with van der Waals surface area (Å²) in [5.74, 6) is -1.11. The fraction of sp³-hybridized carbons (Fsp3) is 0.364. The molecule has 1 rings (SSSR count). The van der Waals surface area contributed by atoms with Crippen LogP contribution >= 0.6 is 15.9 Å². The van der Waals surface area contributed by atoms with Crippen molar-refractivity contribution in [3.05, 3.63) is 28.2 Å². The molecule has 0 unspecified atom stereocenters. The number of sulfonamides is 1. The molecular weight excluding hydrogens is 338 g/mol. The van der Waals surface area contributed by atoms with Gasteiger partial charge in [0.2, 0.25) is 10.0 Å². The number of methoxy groups -OCH3 is 1. The molecule has 0 heterocycles. The van der Waals surface area contributed by atoms with Crippen LogP contribution in [-0.2, 0) is 14.8 Å². The maximum Gasteiger partial charge on any atom is 0.335 e. The van der Waals surface area contributed by atoms with E-state index in [9.17, 15) is 13.2 Å². The van der Waals surface area contributed by atoms with Crippen LogP contribution in [0.25, 0.3) is 0 Å². The predicted molar refractivity (Wildman–Crippen MR) is 72.8 cm³/mol. The van der Waals surface area contributed by atoms with Gasteiger partial charge in [-0.15, -0.1) is 0 Å². The Bertz CT molecular complexity index is 572. The number of hydrogen-bond donors (Lipinski definition) is 1. The zero-order valence-corrected chi connectivity index (χ0v) is 12.9. The standard InChI is InChI=1S/C11H14BrNO5S/c1-13(5-6-18-2)19(16,17)10-4-3-8(11(14)15)7-9(10)12/h3-4,7H,5-6H2,1-2H3,(H,14,15). The summed E-state index contributed by atoms with van der Waals surface area (Å²) in [5, 5.41) is 8.83. The zero-order valence-electron chi connectivity index (χ0n) is 10.5. The average molecular weight is 352 g/mol. The molecule has 1 aromatic carbocycles. The van der Waals surface area contributed by atoms with E-state index in [0.29, 0.717) is 0 Å². The topological polar surface area (TPSA) is 83.9 Å². The van der Waals surface area contributed by atoms with Crippen molar-refractivity contribution in [2.24, 2.45) is 0 Å². The van der Waals surface area contributed by atoms with E-state index < -0.39 is 16.0 Å². The number of rotatable bonds is 6. The van der Waals surface area contributed by atoms with Crippen molar-refractivity contribution in [2.75, 3.05) is 27.3 Å². The Morgan fingerprint density at radius 1 is 1.47 bits per heavy atom. The largest absolute Gasteiger partial charge is 0.478 e. The predicted octanol–water partition coefficient (Wildman–Crippen LogP) is 1.41. The van der Waals surface area contributed by atoms with Gasteiger partial charge < -0.3 is 9.84 Å². The molecule has 0 fully saturated rings. The van der Waals surface area contributed by atoms with Gasteiger partial charge in [-0.3, -0.25) is 0 Å². The number of benzene rings is 1. The zero-order chi connectivity index (χ0) is 14.6. The van der Waals surface area contributed by atoms with Gasteiger partial charge in [0.25, 0.3) is 0 Å². The van der Waals surface area contributed by atoms with Crippen molar-refractivity contribution >= 4 is 31.9 Å². The van der Waals surface area contributed by atoms with Gasteiger partial charge in [0, 0.05) is 25.2 Å². The number of carboxylic acids is 1. The lowest BCUT2D eigenvalue weighted by Crippen LogP contribution is -2.30. The van der Waals surface area contributed by atoms with Gasteiger partial charge in [-0.25, -0.2) is 13.2 Å². The number of nitrogens with zero attached hydrogens (tertiary/aromatic N) is 1. The molecule has 0 amide bonds. The number of carbonyl (C=O) groups is 1. The van der Waals surface area contributed by atoms with Crippen molar-refractivity contribution in [3.63, 3.8) is 0 Å². The lowest BCUT2D eigenvalue weighted by atomic mass is 10.2. The van der Waals surface area contributed by atoms with Crippen LogP contribution in [0, 0.1) is 0 Å². The highest BCUT2D eigenvalue weighted by atomic mass is 79.9. The molecule has 0 aliphatic heterocycles. The molecule has 0 aliphatic rings. The van der Waals surface area contributed by atoms with Crippen molar-refractivity contribution in [3.8, 4) is 0 Å². The van der Waals surface area contributed by atoms with Crippen LogP contribution in [0.5, 0.6) is 0 Å². The molecule has 0 atom stereocenters. The second kappa shape index (κ2) is 6.47. The lowest BCUT2D eigenvalue weighted by Gasteiger charge is -2.17. The van der Waals surface area contributed by atoms with Crippen molar-refractivity contribution in [1.29, 1.82) is 0 Å². The molecule has 0 bridgehead atoms. The molecule has 0 radical (unpaired) electrons. The second-order valence-electron chi connectivity index (χ2n) is 3.77. The van der Waals surface area contributed by atoms with Crippen LogP contribution in [0.2, 0.25) is 0 Å². The number of ether oxygens (including phenoxy) is 1. The van der Waals surface area contributed by atoms with E-state index in [-0.39, 0.29) is 28.1 Å². The molecule has 0 aromatic heterocycles. The summed E-state index contributed by atoms with van der Waals surface area (Å²) >= 11 is 3.09. The molecule has 0 aliphatic carbocycles. The Morgan fingerprint density at radius 2 is 2.11 bits per heavy atom. The van der Waals surface area contributed by atoms with Gasteiger partial charge in [-0.2, -0.15) is 4.31 Å². The number of carboxylic acid groups (broad SMARTS) is 1. The average Bonchev–Trinajstić information content (AvgIpc) is 2.35. The molecule has 8 heteroatoms. The monoisotopic (exact) mass is 351 g/mol. The Hall–Kier alpha value is -0.960. The van der Waals surface area contributed by atoms with Gasteiger partial charge in [-0.1, -0.05) is 0 Å². The van der Waals surface area contributed by atoms with Gasteiger partial charge >= 0.3 is 5.97 Å². The summed E-state index contributed by atoms with van der Waals surface area (Å²) in [7, 11) is -0.750. The molecule has 6 nitrogen and oxygen atoms in total. The fourth-order valence-corrected chi connectivity index (χ4v) is 3.54. The number of likely N-dealkylation sites (N-methyl/N-ethyl adjacent to an activating group) is 1. The quantitative estimate of drug-likeness (QED) is 0.837. The Morgan fingerprint density at radius 3 is 2.58 bits per heavy atom. The molecule has 0 saturated carbocycles. The Labute approximate surface area is 120 Å². The maximum absolute atomic E-state index is 12.2. The van der Waals surface area contributed by atoms with Crippen LogP contribution in [-0.4, -0.2) is 51.1 Å². The van der Waals surface area contributed by atoms with E-state index in [4.69, 9.17) is 9.84 Å².